The molecule has 0 aliphatic carbocycles. The van der Waals surface area contributed by atoms with E-state index in [-0.39, 0.29) is 12.2 Å². The number of hydrogen-bond acceptors (Lipinski definition) is 5. The normalized spacial score (nSPS) is 30.0. The number of carboxylic acids is 2. The molecule has 0 radical (unpaired) electrons. The van der Waals surface area contributed by atoms with Gasteiger partial charge in [-0.1, -0.05) is 0 Å². The standard InChI is InChI=1S/C8H10O5.C2H5N3O2/c9-7(10)5-3-1-2-4(13-3)6(5)8(11)12;3-1(6)5-2(4)7/h3-6H,1-2H2,(H,9,10)(H,11,12);(H5,3,4,5,6,7). The minimum atomic E-state index is -1.06. The van der Waals surface area contributed by atoms with Crippen molar-refractivity contribution in [3.8, 4) is 0 Å². The van der Waals surface area contributed by atoms with Crippen molar-refractivity contribution in [2.45, 2.75) is 25.0 Å². The summed E-state index contributed by atoms with van der Waals surface area (Å²) in [4.78, 5) is 40.8. The molecule has 2 saturated heterocycles. The second-order valence-corrected chi connectivity index (χ2v) is 4.37. The number of urea groups is 2. The molecule has 112 valence electrons. The molecule has 4 unspecified atom stereocenters. The van der Waals surface area contributed by atoms with E-state index in [0.717, 1.165) is 0 Å². The van der Waals surface area contributed by atoms with E-state index in [4.69, 9.17) is 14.9 Å². The van der Waals surface area contributed by atoms with Gasteiger partial charge in [-0.3, -0.25) is 14.9 Å². The maximum Gasteiger partial charge on any atom is 0.320 e. The fourth-order valence-electron chi connectivity index (χ4n) is 2.43. The Kier molecular flexibility index (Phi) is 4.86. The number of nitrogens with two attached hydrogens (primary N) is 2. The number of rotatable bonds is 2. The van der Waals surface area contributed by atoms with Gasteiger partial charge in [0.05, 0.1) is 24.0 Å². The number of carbonyl (C=O) groups excluding carboxylic acids is 2. The van der Waals surface area contributed by atoms with Crippen molar-refractivity contribution in [2.24, 2.45) is 23.3 Å². The van der Waals surface area contributed by atoms with Crippen molar-refractivity contribution in [3.63, 3.8) is 0 Å². The first-order valence-electron chi connectivity index (χ1n) is 5.71. The number of ether oxygens (including phenoxy) is 1. The number of hydrogen-bond donors (Lipinski definition) is 5. The van der Waals surface area contributed by atoms with Gasteiger partial charge in [0.15, 0.2) is 0 Å². The van der Waals surface area contributed by atoms with Gasteiger partial charge in [-0.25, -0.2) is 9.59 Å². The SMILES string of the molecule is NC(=O)NC(N)=O.O=C(O)C1C2CCC(O2)C1C(=O)O. The summed E-state index contributed by atoms with van der Waals surface area (Å²) in [6.45, 7) is 0. The number of primary amides is 2. The highest BCUT2D eigenvalue weighted by molar-refractivity contribution is 5.91. The van der Waals surface area contributed by atoms with E-state index in [1.807, 2.05) is 0 Å². The van der Waals surface area contributed by atoms with E-state index < -0.39 is 35.8 Å². The summed E-state index contributed by atoms with van der Waals surface area (Å²) >= 11 is 0. The van der Waals surface area contributed by atoms with Crippen molar-refractivity contribution < 1.29 is 34.1 Å². The minimum absolute atomic E-state index is 0.386. The van der Waals surface area contributed by atoms with Crippen LogP contribution in [-0.4, -0.2) is 46.4 Å². The van der Waals surface area contributed by atoms with Crippen LogP contribution in [0.3, 0.4) is 0 Å². The summed E-state index contributed by atoms with van der Waals surface area (Å²) in [5.41, 5.74) is 8.88. The van der Waals surface area contributed by atoms with Crippen LogP contribution in [0.25, 0.3) is 0 Å². The summed E-state index contributed by atoms with van der Waals surface area (Å²) in [7, 11) is 0. The zero-order valence-corrected chi connectivity index (χ0v) is 10.3. The number of fused-ring (bicyclic) bond motifs is 2. The van der Waals surface area contributed by atoms with E-state index in [9.17, 15) is 19.2 Å². The molecular weight excluding hydrogens is 274 g/mol. The van der Waals surface area contributed by atoms with Gasteiger partial charge in [-0.15, -0.1) is 0 Å². The Morgan fingerprint density at radius 1 is 0.900 bits per heavy atom. The lowest BCUT2D eigenvalue weighted by atomic mass is 9.79. The second-order valence-electron chi connectivity index (χ2n) is 4.37. The molecule has 10 heteroatoms. The van der Waals surface area contributed by atoms with Crippen LogP contribution >= 0.6 is 0 Å². The van der Waals surface area contributed by atoms with E-state index in [2.05, 4.69) is 11.5 Å². The maximum atomic E-state index is 10.8. The average Bonchev–Trinajstić information content (AvgIpc) is 2.86. The van der Waals surface area contributed by atoms with Crippen LogP contribution in [0.1, 0.15) is 12.8 Å². The molecule has 2 bridgehead atoms. The predicted molar refractivity (Wildman–Crippen MR) is 62.4 cm³/mol. The van der Waals surface area contributed by atoms with Crippen molar-refractivity contribution >= 4 is 24.0 Å². The number of nitrogens with one attached hydrogen (secondary N) is 1. The molecule has 20 heavy (non-hydrogen) atoms. The quantitative estimate of drug-likeness (QED) is 0.417. The molecule has 4 amide bonds. The number of aliphatic carboxylic acids is 2. The summed E-state index contributed by atoms with van der Waals surface area (Å²) in [6.07, 6.45) is 0.573. The molecule has 2 fully saturated rings. The number of carboxylic acid groups (broad SMARTS) is 2. The molecule has 0 aromatic carbocycles. The summed E-state index contributed by atoms with van der Waals surface area (Å²) in [5.74, 6) is -3.81. The molecule has 7 N–H and O–H groups in total. The third-order valence-electron chi connectivity index (χ3n) is 3.09. The Balaban J connectivity index is 0.000000246. The Labute approximate surface area is 113 Å². The van der Waals surface area contributed by atoms with Gasteiger partial charge >= 0.3 is 24.0 Å². The first-order valence-corrected chi connectivity index (χ1v) is 5.71. The molecule has 2 heterocycles. The largest absolute Gasteiger partial charge is 0.481 e. The lowest BCUT2D eigenvalue weighted by Crippen LogP contribution is -2.38. The predicted octanol–water partition coefficient (Wildman–Crippen LogP) is -1.32. The lowest BCUT2D eigenvalue weighted by molar-refractivity contribution is -0.154. The molecule has 4 atom stereocenters. The molecule has 0 spiro atoms. The van der Waals surface area contributed by atoms with Gasteiger partial charge in [0, 0.05) is 0 Å². The van der Waals surface area contributed by atoms with Gasteiger partial charge in [0.2, 0.25) is 0 Å². The van der Waals surface area contributed by atoms with Crippen LogP contribution in [-0.2, 0) is 14.3 Å². The topological polar surface area (TPSA) is 182 Å². The first kappa shape index (κ1) is 15.7. The minimum Gasteiger partial charge on any atom is -0.481 e. The molecule has 0 saturated carbocycles. The van der Waals surface area contributed by atoms with Crippen LogP contribution in [0.2, 0.25) is 0 Å². The van der Waals surface area contributed by atoms with E-state index in [1.165, 1.54) is 0 Å². The van der Waals surface area contributed by atoms with Gasteiger partial charge in [0.1, 0.15) is 0 Å². The Morgan fingerprint density at radius 3 is 1.45 bits per heavy atom. The number of imide groups is 1. The molecule has 2 rings (SSSR count). The van der Waals surface area contributed by atoms with Crippen molar-refractivity contribution in [1.82, 2.24) is 5.32 Å². The summed E-state index contributed by atoms with van der Waals surface area (Å²) < 4.78 is 5.26. The number of carbonyl (C=O) groups is 4. The van der Waals surface area contributed by atoms with Crippen LogP contribution in [0.4, 0.5) is 9.59 Å². The van der Waals surface area contributed by atoms with Crippen molar-refractivity contribution in [2.75, 3.05) is 0 Å². The van der Waals surface area contributed by atoms with Crippen LogP contribution in [0.15, 0.2) is 0 Å². The molecule has 2 aliphatic heterocycles. The first-order chi connectivity index (χ1) is 9.23. The molecule has 10 nitrogen and oxygen atoms in total. The summed E-state index contributed by atoms with van der Waals surface area (Å²) in [6, 6.07) is -1.88. The van der Waals surface area contributed by atoms with Gasteiger partial charge < -0.3 is 26.4 Å². The zero-order chi connectivity index (χ0) is 15.4. The smallest absolute Gasteiger partial charge is 0.320 e. The molecule has 2 aliphatic rings. The number of amides is 4. The fourth-order valence-corrected chi connectivity index (χ4v) is 2.43. The monoisotopic (exact) mass is 289 g/mol. The van der Waals surface area contributed by atoms with Gasteiger partial charge in [-0.05, 0) is 12.8 Å². The van der Waals surface area contributed by atoms with E-state index >= 15 is 0 Å². The van der Waals surface area contributed by atoms with Gasteiger partial charge in [0.25, 0.3) is 0 Å². The van der Waals surface area contributed by atoms with Crippen LogP contribution < -0.4 is 16.8 Å². The Morgan fingerprint density at radius 2 is 1.25 bits per heavy atom. The fraction of sp³-hybridized carbons (Fsp3) is 0.600. The average molecular weight is 289 g/mol. The van der Waals surface area contributed by atoms with Crippen molar-refractivity contribution in [3.05, 3.63) is 0 Å². The van der Waals surface area contributed by atoms with E-state index in [1.54, 1.807) is 5.32 Å². The highest BCUT2D eigenvalue weighted by Gasteiger charge is 2.55. The van der Waals surface area contributed by atoms with Gasteiger partial charge in [-0.2, -0.15) is 0 Å². The summed E-state index contributed by atoms with van der Waals surface area (Å²) in [5, 5.41) is 19.2. The third-order valence-corrected chi connectivity index (χ3v) is 3.09. The third kappa shape index (κ3) is 3.57. The Hall–Kier alpha value is -2.36. The highest BCUT2D eigenvalue weighted by atomic mass is 16.5. The molecular formula is C10H15N3O7. The maximum absolute atomic E-state index is 10.8. The van der Waals surface area contributed by atoms with E-state index in [0.29, 0.717) is 12.8 Å². The Bertz CT molecular complexity index is 401. The molecule has 0 aromatic rings. The zero-order valence-electron chi connectivity index (χ0n) is 10.3. The van der Waals surface area contributed by atoms with Crippen LogP contribution in [0, 0.1) is 11.8 Å². The lowest BCUT2D eigenvalue weighted by Gasteiger charge is -2.20. The second kappa shape index (κ2) is 6.19. The highest BCUT2D eigenvalue weighted by Crippen LogP contribution is 2.43. The molecule has 0 aromatic heterocycles. The van der Waals surface area contributed by atoms with Crippen molar-refractivity contribution in [1.29, 1.82) is 0 Å². The van der Waals surface area contributed by atoms with Crippen LogP contribution in [0.5, 0.6) is 0 Å².